The van der Waals surface area contributed by atoms with Crippen molar-refractivity contribution >= 4 is 22.7 Å². The maximum atomic E-state index is 12.5. The van der Waals surface area contributed by atoms with Gasteiger partial charge in [-0.05, 0) is 31.9 Å². The number of aromatic nitrogens is 2. The quantitative estimate of drug-likeness (QED) is 0.731. The van der Waals surface area contributed by atoms with Gasteiger partial charge in [0.15, 0.2) is 0 Å². The molecule has 0 aliphatic heterocycles. The SMILES string of the molecule is Cc1nn(C(=O)CCCC(=O)N[C@@H](C)c2ccccc2)c2ccccc12. The number of benzene rings is 2. The summed E-state index contributed by atoms with van der Waals surface area (Å²) in [6.45, 7) is 3.85. The summed E-state index contributed by atoms with van der Waals surface area (Å²) in [4.78, 5) is 24.6. The van der Waals surface area contributed by atoms with Crippen molar-refractivity contribution in [3.8, 4) is 0 Å². The van der Waals surface area contributed by atoms with Crippen LogP contribution in [0.1, 0.15) is 48.3 Å². The van der Waals surface area contributed by atoms with Crippen LogP contribution in [0.4, 0.5) is 0 Å². The lowest BCUT2D eigenvalue weighted by molar-refractivity contribution is -0.121. The van der Waals surface area contributed by atoms with Crippen LogP contribution in [0.25, 0.3) is 10.9 Å². The van der Waals surface area contributed by atoms with E-state index in [1.165, 1.54) is 4.68 Å². The number of aryl methyl sites for hydroxylation is 1. The molecule has 2 aromatic carbocycles. The van der Waals surface area contributed by atoms with E-state index in [1.807, 2.05) is 68.4 Å². The lowest BCUT2D eigenvalue weighted by Gasteiger charge is -2.14. The number of carbonyl (C=O) groups excluding carboxylic acids is 2. The van der Waals surface area contributed by atoms with Gasteiger partial charge in [-0.25, -0.2) is 0 Å². The minimum atomic E-state index is -0.0850. The smallest absolute Gasteiger partial charge is 0.247 e. The molecule has 0 unspecified atom stereocenters. The van der Waals surface area contributed by atoms with Crippen molar-refractivity contribution in [1.29, 1.82) is 0 Å². The zero-order chi connectivity index (χ0) is 18.5. The minimum Gasteiger partial charge on any atom is -0.350 e. The Bertz CT molecular complexity index is 915. The van der Waals surface area contributed by atoms with E-state index in [2.05, 4.69) is 10.4 Å². The van der Waals surface area contributed by atoms with Crippen LogP contribution in [0.5, 0.6) is 0 Å². The molecule has 26 heavy (non-hydrogen) atoms. The standard InChI is InChI=1S/C21H23N3O2/c1-15(17-9-4-3-5-10-17)22-20(25)13-8-14-21(26)24-19-12-7-6-11-18(19)16(2)23-24/h3-7,9-12,15H,8,13-14H2,1-2H3,(H,22,25)/t15-/m0/s1. The number of nitrogens with zero attached hydrogens (tertiary/aromatic N) is 2. The number of hydrogen-bond acceptors (Lipinski definition) is 3. The van der Waals surface area contributed by atoms with Gasteiger partial charge in [-0.3, -0.25) is 9.59 Å². The van der Waals surface area contributed by atoms with Crippen LogP contribution in [-0.4, -0.2) is 21.6 Å². The lowest BCUT2D eigenvalue weighted by Crippen LogP contribution is -2.26. The van der Waals surface area contributed by atoms with E-state index in [4.69, 9.17) is 0 Å². The van der Waals surface area contributed by atoms with Crippen molar-refractivity contribution in [1.82, 2.24) is 15.1 Å². The molecule has 0 saturated carbocycles. The second kappa shape index (κ2) is 7.95. The average molecular weight is 349 g/mol. The zero-order valence-electron chi connectivity index (χ0n) is 15.1. The first-order chi connectivity index (χ1) is 12.6. The lowest BCUT2D eigenvalue weighted by atomic mass is 10.1. The Hall–Kier alpha value is -2.95. The molecule has 0 fully saturated rings. The summed E-state index contributed by atoms with van der Waals surface area (Å²) < 4.78 is 1.45. The van der Waals surface area contributed by atoms with Gasteiger partial charge >= 0.3 is 0 Å². The fraction of sp³-hybridized carbons (Fsp3) is 0.286. The highest BCUT2D eigenvalue weighted by molar-refractivity contribution is 5.92. The fourth-order valence-corrected chi connectivity index (χ4v) is 3.06. The van der Waals surface area contributed by atoms with E-state index in [9.17, 15) is 9.59 Å². The molecule has 0 saturated heterocycles. The molecule has 5 nitrogen and oxygen atoms in total. The molecule has 1 heterocycles. The van der Waals surface area contributed by atoms with Crippen LogP contribution in [0.15, 0.2) is 54.6 Å². The molecule has 5 heteroatoms. The number of fused-ring (bicyclic) bond motifs is 1. The first-order valence-electron chi connectivity index (χ1n) is 8.88. The second-order valence-corrected chi connectivity index (χ2v) is 6.46. The Labute approximate surface area is 153 Å². The van der Waals surface area contributed by atoms with Crippen molar-refractivity contribution in [2.75, 3.05) is 0 Å². The van der Waals surface area contributed by atoms with Crippen LogP contribution in [0.2, 0.25) is 0 Å². The van der Waals surface area contributed by atoms with Gasteiger partial charge in [0.2, 0.25) is 11.8 Å². The van der Waals surface area contributed by atoms with Crippen molar-refractivity contribution in [2.24, 2.45) is 0 Å². The third-order valence-electron chi connectivity index (χ3n) is 4.48. The maximum Gasteiger partial charge on any atom is 0.247 e. The Morgan fingerprint density at radius 2 is 1.73 bits per heavy atom. The molecule has 0 radical (unpaired) electrons. The average Bonchev–Trinajstić information content (AvgIpc) is 2.99. The first kappa shape index (κ1) is 17.9. The Balaban J connectivity index is 1.52. The van der Waals surface area contributed by atoms with E-state index >= 15 is 0 Å². The number of nitrogens with one attached hydrogen (secondary N) is 1. The van der Waals surface area contributed by atoms with E-state index in [1.54, 1.807) is 0 Å². The van der Waals surface area contributed by atoms with Gasteiger partial charge in [0, 0.05) is 18.2 Å². The van der Waals surface area contributed by atoms with Gasteiger partial charge in [-0.2, -0.15) is 9.78 Å². The van der Waals surface area contributed by atoms with E-state index in [0.717, 1.165) is 22.2 Å². The number of amides is 1. The summed E-state index contributed by atoms with van der Waals surface area (Å²) in [7, 11) is 0. The van der Waals surface area contributed by atoms with E-state index < -0.39 is 0 Å². The van der Waals surface area contributed by atoms with Gasteiger partial charge in [0.1, 0.15) is 0 Å². The summed E-state index contributed by atoms with van der Waals surface area (Å²) in [6, 6.07) is 17.5. The molecular formula is C21H23N3O2. The van der Waals surface area contributed by atoms with Crippen molar-refractivity contribution in [3.63, 3.8) is 0 Å². The molecule has 3 aromatic rings. The summed E-state index contributed by atoms with van der Waals surface area (Å²) in [5, 5.41) is 8.29. The van der Waals surface area contributed by atoms with Gasteiger partial charge in [0.25, 0.3) is 0 Å². The molecule has 3 rings (SSSR count). The largest absolute Gasteiger partial charge is 0.350 e. The molecule has 1 amide bonds. The Morgan fingerprint density at radius 3 is 2.50 bits per heavy atom. The van der Waals surface area contributed by atoms with Crippen LogP contribution >= 0.6 is 0 Å². The number of rotatable bonds is 6. The van der Waals surface area contributed by atoms with E-state index in [-0.39, 0.29) is 24.3 Å². The molecule has 1 atom stereocenters. The van der Waals surface area contributed by atoms with Crippen molar-refractivity contribution in [2.45, 2.75) is 39.2 Å². The molecule has 1 aromatic heterocycles. The van der Waals surface area contributed by atoms with Crippen LogP contribution in [-0.2, 0) is 4.79 Å². The van der Waals surface area contributed by atoms with Gasteiger partial charge in [0.05, 0.1) is 17.3 Å². The highest BCUT2D eigenvalue weighted by Crippen LogP contribution is 2.18. The molecule has 134 valence electrons. The molecule has 0 spiro atoms. The van der Waals surface area contributed by atoms with Crippen LogP contribution < -0.4 is 5.32 Å². The Kier molecular flexibility index (Phi) is 5.46. The predicted molar refractivity (Wildman–Crippen MR) is 102 cm³/mol. The van der Waals surface area contributed by atoms with Crippen molar-refractivity contribution in [3.05, 3.63) is 65.9 Å². The van der Waals surface area contributed by atoms with Gasteiger partial charge in [-0.1, -0.05) is 48.5 Å². The summed E-state index contributed by atoms with van der Waals surface area (Å²) in [5.74, 6) is -0.131. The highest BCUT2D eigenvalue weighted by atomic mass is 16.2. The van der Waals surface area contributed by atoms with Crippen LogP contribution in [0, 0.1) is 6.92 Å². The molecule has 0 bridgehead atoms. The predicted octanol–water partition coefficient (Wildman–Crippen LogP) is 4.03. The molecular weight excluding hydrogens is 326 g/mol. The second-order valence-electron chi connectivity index (χ2n) is 6.46. The molecule has 1 N–H and O–H groups in total. The normalized spacial score (nSPS) is 12.1. The summed E-state index contributed by atoms with van der Waals surface area (Å²) >= 11 is 0. The number of carbonyl (C=O) groups is 2. The number of para-hydroxylation sites is 1. The summed E-state index contributed by atoms with van der Waals surface area (Å²) in [5.41, 5.74) is 2.72. The zero-order valence-corrected chi connectivity index (χ0v) is 15.1. The molecule has 0 aliphatic rings. The van der Waals surface area contributed by atoms with Crippen LogP contribution in [0.3, 0.4) is 0 Å². The van der Waals surface area contributed by atoms with Crippen molar-refractivity contribution < 1.29 is 9.59 Å². The third-order valence-corrected chi connectivity index (χ3v) is 4.48. The van der Waals surface area contributed by atoms with Gasteiger partial charge in [-0.15, -0.1) is 0 Å². The topological polar surface area (TPSA) is 64.0 Å². The maximum absolute atomic E-state index is 12.5. The Morgan fingerprint density at radius 1 is 1.04 bits per heavy atom. The third kappa shape index (κ3) is 3.99. The molecule has 0 aliphatic carbocycles. The fourth-order valence-electron chi connectivity index (χ4n) is 3.06. The monoisotopic (exact) mass is 349 g/mol. The number of hydrogen-bond donors (Lipinski definition) is 1. The first-order valence-corrected chi connectivity index (χ1v) is 8.88. The highest BCUT2D eigenvalue weighted by Gasteiger charge is 2.14. The summed E-state index contributed by atoms with van der Waals surface area (Å²) in [6.07, 6.45) is 1.11. The minimum absolute atomic E-state index is 0.0443. The van der Waals surface area contributed by atoms with Gasteiger partial charge < -0.3 is 5.32 Å². The van der Waals surface area contributed by atoms with E-state index in [0.29, 0.717) is 12.8 Å².